The van der Waals surface area contributed by atoms with Crippen LogP contribution in [0, 0.1) is 5.82 Å². The van der Waals surface area contributed by atoms with Gasteiger partial charge in [-0.05, 0) is 38.5 Å². The number of methoxy groups -OCH3 is 1. The van der Waals surface area contributed by atoms with E-state index >= 15 is 0 Å². The lowest BCUT2D eigenvalue weighted by Gasteiger charge is -2.33. The summed E-state index contributed by atoms with van der Waals surface area (Å²) < 4.78 is 31.0. The van der Waals surface area contributed by atoms with E-state index in [0.717, 1.165) is 0 Å². The molecule has 1 aromatic rings. The van der Waals surface area contributed by atoms with Gasteiger partial charge in [-0.3, -0.25) is 4.79 Å². The zero-order valence-electron chi connectivity index (χ0n) is 17.5. The number of cyclic esters (lactones) is 1. The van der Waals surface area contributed by atoms with Crippen LogP contribution in [-0.2, 0) is 24.7 Å². The molecule has 1 atom stereocenters. The Labute approximate surface area is 175 Å². The molecule has 0 radical (unpaired) electrons. The van der Waals surface area contributed by atoms with Crippen LogP contribution in [0.3, 0.4) is 0 Å². The van der Waals surface area contributed by atoms with Crippen LogP contribution in [0.4, 0.5) is 4.39 Å². The van der Waals surface area contributed by atoms with Gasteiger partial charge in [-0.2, -0.15) is 0 Å². The highest BCUT2D eigenvalue weighted by Crippen LogP contribution is 2.46. The Kier molecular flexibility index (Phi) is 5.97. The average Bonchev–Trinajstić information content (AvgIpc) is 2.87. The molecule has 1 aromatic carbocycles. The molecule has 1 saturated heterocycles. The van der Waals surface area contributed by atoms with Gasteiger partial charge >= 0.3 is 11.9 Å². The smallest absolute Gasteiger partial charge is 0.339 e. The Balaban J connectivity index is 2.26. The van der Waals surface area contributed by atoms with E-state index in [1.807, 2.05) is 12.2 Å². The summed E-state index contributed by atoms with van der Waals surface area (Å²) in [4.78, 5) is 25.6. The standard InChI is InChI=1S/C24H25FO5/c1-23(2,3)30-22(27)21(16-9-7-5-6-8-10-16)24(14-13-20(26)29-24)17-11-12-19(28-4)18(25)15-17/h5-12,15H,13-14H2,1-4H3/t24-/m1/s1. The van der Waals surface area contributed by atoms with Crippen molar-refractivity contribution in [2.24, 2.45) is 0 Å². The third-order valence-corrected chi connectivity index (χ3v) is 4.77. The molecule has 0 saturated carbocycles. The van der Waals surface area contributed by atoms with Crippen LogP contribution in [0.1, 0.15) is 39.2 Å². The molecular formula is C24H25FO5. The van der Waals surface area contributed by atoms with E-state index in [-0.39, 0.29) is 24.2 Å². The first-order chi connectivity index (χ1) is 14.2. The van der Waals surface area contributed by atoms with Crippen LogP contribution in [0.15, 0.2) is 65.8 Å². The minimum absolute atomic E-state index is 0.0585. The van der Waals surface area contributed by atoms with E-state index in [1.54, 1.807) is 51.1 Å². The average molecular weight is 412 g/mol. The summed E-state index contributed by atoms with van der Waals surface area (Å²) in [6.45, 7) is 5.27. The maximum Gasteiger partial charge on any atom is 0.339 e. The molecule has 1 heterocycles. The molecule has 3 rings (SSSR count). The first-order valence-electron chi connectivity index (χ1n) is 9.72. The molecule has 0 bridgehead atoms. The van der Waals surface area contributed by atoms with Crippen molar-refractivity contribution >= 4 is 11.9 Å². The lowest BCUT2D eigenvalue weighted by atomic mass is 9.80. The van der Waals surface area contributed by atoms with E-state index in [9.17, 15) is 14.0 Å². The molecule has 5 nitrogen and oxygen atoms in total. The Morgan fingerprint density at radius 1 is 1.13 bits per heavy atom. The number of carbonyl (C=O) groups excluding carboxylic acids is 2. The minimum Gasteiger partial charge on any atom is -0.494 e. The van der Waals surface area contributed by atoms with Crippen LogP contribution < -0.4 is 4.74 Å². The Hall–Kier alpha value is -3.15. The van der Waals surface area contributed by atoms with Gasteiger partial charge in [-0.1, -0.05) is 42.5 Å². The second-order valence-electron chi connectivity index (χ2n) is 8.09. The number of carbonyl (C=O) groups is 2. The summed E-state index contributed by atoms with van der Waals surface area (Å²) in [5, 5.41) is 0. The third kappa shape index (κ3) is 4.37. The zero-order chi connectivity index (χ0) is 21.9. The van der Waals surface area contributed by atoms with E-state index in [4.69, 9.17) is 14.2 Å². The lowest BCUT2D eigenvalue weighted by Crippen LogP contribution is -2.37. The number of hydrogen-bond donors (Lipinski definition) is 0. The molecule has 1 aliphatic carbocycles. The van der Waals surface area contributed by atoms with Gasteiger partial charge in [-0.15, -0.1) is 0 Å². The van der Waals surface area contributed by atoms with Crippen molar-refractivity contribution < 1.29 is 28.2 Å². The number of esters is 2. The van der Waals surface area contributed by atoms with Crippen LogP contribution in [0.2, 0.25) is 0 Å². The van der Waals surface area contributed by atoms with Gasteiger partial charge in [0, 0.05) is 12.0 Å². The first-order valence-corrected chi connectivity index (χ1v) is 9.72. The monoisotopic (exact) mass is 412 g/mol. The van der Waals surface area contributed by atoms with Gasteiger partial charge in [0.25, 0.3) is 0 Å². The van der Waals surface area contributed by atoms with Gasteiger partial charge in [0.15, 0.2) is 17.2 Å². The molecule has 2 aliphatic rings. The Morgan fingerprint density at radius 3 is 2.30 bits per heavy atom. The predicted octanol–water partition coefficient (Wildman–Crippen LogP) is 4.69. The van der Waals surface area contributed by atoms with Crippen molar-refractivity contribution in [3.63, 3.8) is 0 Å². The van der Waals surface area contributed by atoms with Crippen molar-refractivity contribution in [1.82, 2.24) is 0 Å². The van der Waals surface area contributed by atoms with Crippen LogP contribution in [-0.4, -0.2) is 24.6 Å². The van der Waals surface area contributed by atoms with E-state index in [0.29, 0.717) is 11.1 Å². The number of rotatable bonds is 4. The number of hydrogen-bond acceptors (Lipinski definition) is 5. The van der Waals surface area contributed by atoms with Gasteiger partial charge in [0.1, 0.15) is 5.60 Å². The van der Waals surface area contributed by atoms with E-state index in [1.165, 1.54) is 19.2 Å². The van der Waals surface area contributed by atoms with Gasteiger partial charge < -0.3 is 14.2 Å². The Morgan fingerprint density at radius 2 is 1.80 bits per heavy atom. The van der Waals surface area contributed by atoms with Crippen LogP contribution in [0.25, 0.3) is 0 Å². The van der Waals surface area contributed by atoms with Crippen molar-refractivity contribution in [1.29, 1.82) is 0 Å². The van der Waals surface area contributed by atoms with Crippen molar-refractivity contribution in [2.45, 2.75) is 44.8 Å². The molecule has 6 heteroatoms. The maximum atomic E-state index is 14.6. The molecule has 0 N–H and O–H groups in total. The summed E-state index contributed by atoms with van der Waals surface area (Å²) in [6.07, 6.45) is 11.0. The zero-order valence-corrected chi connectivity index (χ0v) is 17.5. The number of allylic oxidation sites excluding steroid dienone is 7. The van der Waals surface area contributed by atoms with Crippen molar-refractivity contribution in [2.75, 3.05) is 7.11 Å². The first kappa shape index (κ1) is 21.6. The van der Waals surface area contributed by atoms with Crippen LogP contribution >= 0.6 is 0 Å². The summed E-state index contributed by atoms with van der Waals surface area (Å²) >= 11 is 0. The largest absolute Gasteiger partial charge is 0.494 e. The summed E-state index contributed by atoms with van der Waals surface area (Å²) in [5.41, 5.74) is -1.21. The second-order valence-corrected chi connectivity index (χ2v) is 8.09. The van der Waals surface area contributed by atoms with Gasteiger partial charge in [0.2, 0.25) is 0 Å². The predicted molar refractivity (Wildman–Crippen MR) is 110 cm³/mol. The lowest BCUT2D eigenvalue weighted by molar-refractivity contribution is -0.156. The molecule has 1 fully saturated rings. The summed E-state index contributed by atoms with van der Waals surface area (Å²) in [5.74, 6) is -1.64. The molecule has 158 valence electrons. The highest BCUT2D eigenvalue weighted by Gasteiger charge is 2.50. The fourth-order valence-electron chi connectivity index (χ4n) is 3.53. The maximum absolute atomic E-state index is 14.6. The topological polar surface area (TPSA) is 61.8 Å². The molecule has 0 amide bonds. The molecule has 30 heavy (non-hydrogen) atoms. The fourth-order valence-corrected chi connectivity index (χ4v) is 3.53. The quantitative estimate of drug-likeness (QED) is 0.531. The summed E-state index contributed by atoms with van der Waals surface area (Å²) in [6, 6.07) is 4.30. The molecular weight excluding hydrogens is 387 g/mol. The normalized spacial score (nSPS) is 20.7. The minimum atomic E-state index is -1.47. The second kappa shape index (κ2) is 8.30. The highest BCUT2D eigenvalue weighted by molar-refractivity contribution is 5.95. The number of halogens is 1. The molecule has 1 aliphatic heterocycles. The molecule has 0 spiro atoms. The van der Waals surface area contributed by atoms with Crippen LogP contribution in [0.5, 0.6) is 5.75 Å². The fraction of sp³-hybridized carbons (Fsp3) is 0.333. The van der Waals surface area contributed by atoms with Gasteiger partial charge in [0.05, 0.1) is 19.1 Å². The third-order valence-electron chi connectivity index (χ3n) is 4.77. The van der Waals surface area contributed by atoms with E-state index in [2.05, 4.69) is 0 Å². The molecule has 0 unspecified atom stereocenters. The van der Waals surface area contributed by atoms with Crippen molar-refractivity contribution in [3.05, 3.63) is 77.2 Å². The number of benzene rings is 1. The summed E-state index contributed by atoms with van der Waals surface area (Å²) in [7, 11) is 1.37. The van der Waals surface area contributed by atoms with E-state index < -0.39 is 29.0 Å². The van der Waals surface area contributed by atoms with Crippen molar-refractivity contribution in [3.8, 4) is 5.75 Å². The van der Waals surface area contributed by atoms with Gasteiger partial charge in [-0.25, -0.2) is 9.18 Å². The Bertz CT molecular complexity index is 960. The SMILES string of the molecule is COc1ccc([C@@]2(C(C(=O)OC(C)(C)C)=C3C=CC=CC=C3)CCC(=O)O2)cc1F. The number of ether oxygens (including phenoxy) is 3. The highest BCUT2D eigenvalue weighted by atomic mass is 19.1. The molecule has 0 aromatic heterocycles.